The molecular formula is C17H26N4. The third kappa shape index (κ3) is 4.69. The highest BCUT2D eigenvalue weighted by Gasteiger charge is 2.07. The van der Waals surface area contributed by atoms with Crippen molar-refractivity contribution in [3.63, 3.8) is 0 Å². The summed E-state index contributed by atoms with van der Waals surface area (Å²) >= 11 is 0. The fourth-order valence-electron chi connectivity index (χ4n) is 2.30. The highest BCUT2D eigenvalue weighted by Crippen LogP contribution is 2.18. The van der Waals surface area contributed by atoms with Crippen LogP contribution in [-0.4, -0.2) is 47.0 Å². The van der Waals surface area contributed by atoms with E-state index >= 15 is 0 Å². The van der Waals surface area contributed by atoms with Gasteiger partial charge >= 0.3 is 0 Å². The molecule has 1 atom stereocenters. The van der Waals surface area contributed by atoms with Gasteiger partial charge < -0.3 is 14.4 Å². The summed E-state index contributed by atoms with van der Waals surface area (Å²) in [5, 5.41) is 0. The number of likely N-dealkylation sites (N-methyl/N-ethyl adjacent to an activating group) is 1. The third-order valence-corrected chi connectivity index (χ3v) is 3.99. The summed E-state index contributed by atoms with van der Waals surface area (Å²) in [5.74, 6) is 0. The van der Waals surface area contributed by atoms with Gasteiger partial charge in [0.1, 0.15) is 0 Å². The van der Waals surface area contributed by atoms with Crippen LogP contribution in [-0.2, 0) is 13.1 Å². The van der Waals surface area contributed by atoms with Gasteiger partial charge in [-0.1, -0.05) is 24.3 Å². The minimum Gasteiger partial charge on any atom is -0.336 e. The molecule has 4 heteroatoms. The minimum atomic E-state index is 0.457. The maximum atomic E-state index is 4.06. The molecule has 0 aliphatic carbocycles. The molecule has 0 aliphatic rings. The lowest BCUT2D eigenvalue weighted by molar-refractivity contribution is 0.310. The van der Waals surface area contributed by atoms with Crippen molar-refractivity contribution in [2.24, 2.45) is 0 Å². The monoisotopic (exact) mass is 286 g/mol. The zero-order valence-electron chi connectivity index (χ0n) is 13.5. The van der Waals surface area contributed by atoms with Crippen molar-refractivity contribution in [3.05, 3.63) is 54.1 Å². The molecule has 0 spiro atoms. The van der Waals surface area contributed by atoms with Crippen LogP contribution >= 0.6 is 0 Å². The normalized spacial score (nSPS) is 13.0. The van der Waals surface area contributed by atoms with Crippen LogP contribution in [0.4, 0.5) is 0 Å². The smallest absolute Gasteiger partial charge is 0.0946 e. The van der Waals surface area contributed by atoms with E-state index in [1.807, 2.05) is 18.7 Å². The third-order valence-electron chi connectivity index (χ3n) is 3.99. The second-order valence-electron chi connectivity index (χ2n) is 5.92. The molecule has 0 bridgehead atoms. The van der Waals surface area contributed by atoms with Crippen LogP contribution in [0.15, 0.2) is 43.0 Å². The molecular weight excluding hydrogens is 260 g/mol. The fourth-order valence-corrected chi connectivity index (χ4v) is 2.30. The first kappa shape index (κ1) is 15.7. The second-order valence-corrected chi connectivity index (χ2v) is 5.92. The van der Waals surface area contributed by atoms with Crippen molar-refractivity contribution in [2.75, 3.05) is 27.7 Å². The van der Waals surface area contributed by atoms with Crippen LogP contribution in [0.25, 0.3) is 0 Å². The Morgan fingerprint density at radius 3 is 2.43 bits per heavy atom. The summed E-state index contributed by atoms with van der Waals surface area (Å²) < 4.78 is 2.11. The molecule has 2 aromatic rings. The second kappa shape index (κ2) is 7.38. The quantitative estimate of drug-likeness (QED) is 0.782. The summed E-state index contributed by atoms with van der Waals surface area (Å²) in [5.41, 5.74) is 2.72. The maximum Gasteiger partial charge on any atom is 0.0946 e. The van der Waals surface area contributed by atoms with Gasteiger partial charge in [-0.15, -0.1) is 0 Å². The van der Waals surface area contributed by atoms with E-state index in [9.17, 15) is 0 Å². The number of hydrogen-bond acceptors (Lipinski definition) is 3. The van der Waals surface area contributed by atoms with E-state index in [4.69, 9.17) is 0 Å². The molecule has 114 valence electrons. The largest absolute Gasteiger partial charge is 0.336 e. The van der Waals surface area contributed by atoms with Gasteiger partial charge in [-0.3, -0.25) is 0 Å². The zero-order valence-corrected chi connectivity index (χ0v) is 13.5. The Labute approximate surface area is 128 Å². The summed E-state index contributed by atoms with van der Waals surface area (Å²) in [6.07, 6.45) is 5.70. The van der Waals surface area contributed by atoms with Crippen LogP contribution in [0, 0.1) is 0 Å². The average Bonchev–Trinajstić information content (AvgIpc) is 2.98. The number of rotatable bonds is 7. The van der Waals surface area contributed by atoms with Crippen molar-refractivity contribution in [3.8, 4) is 0 Å². The van der Waals surface area contributed by atoms with Gasteiger partial charge in [0.25, 0.3) is 0 Å². The lowest BCUT2D eigenvalue weighted by atomic mass is 10.1. The molecule has 0 amide bonds. The van der Waals surface area contributed by atoms with E-state index in [0.717, 1.165) is 19.6 Å². The van der Waals surface area contributed by atoms with Gasteiger partial charge in [0.05, 0.1) is 6.33 Å². The first-order valence-corrected chi connectivity index (χ1v) is 7.46. The molecule has 0 N–H and O–H groups in total. The van der Waals surface area contributed by atoms with Crippen LogP contribution in [0.5, 0.6) is 0 Å². The van der Waals surface area contributed by atoms with Gasteiger partial charge in [0.15, 0.2) is 0 Å². The van der Waals surface area contributed by atoms with Crippen LogP contribution < -0.4 is 0 Å². The highest BCUT2D eigenvalue weighted by atomic mass is 15.1. The standard InChI is InChI=1S/C17H26N4/c1-15(19(2)3)17-7-5-16(6-8-17)13-20(4)11-12-21-10-9-18-14-21/h5-10,14-15H,11-13H2,1-4H3/t15-/m1/s1. The highest BCUT2D eigenvalue weighted by molar-refractivity contribution is 5.24. The van der Waals surface area contributed by atoms with Crippen molar-refractivity contribution in [2.45, 2.75) is 26.1 Å². The van der Waals surface area contributed by atoms with Gasteiger partial charge in [-0.05, 0) is 39.2 Å². The molecule has 0 unspecified atom stereocenters. The SMILES string of the molecule is C[C@H](c1ccc(CN(C)CCn2ccnc2)cc1)N(C)C. The minimum absolute atomic E-state index is 0.457. The van der Waals surface area contributed by atoms with E-state index in [1.54, 1.807) is 0 Å². The number of imidazole rings is 1. The Morgan fingerprint density at radius 1 is 1.14 bits per heavy atom. The molecule has 0 radical (unpaired) electrons. The number of benzene rings is 1. The van der Waals surface area contributed by atoms with Crippen molar-refractivity contribution in [1.82, 2.24) is 19.4 Å². The van der Waals surface area contributed by atoms with E-state index in [0.29, 0.717) is 6.04 Å². The lowest BCUT2D eigenvalue weighted by Gasteiger charge is -2.21. The Hall–Kier alpha value is -1.65. The topological polar surface area (TPSA) is 24.3 Å². The van der Waals surface area contributed by atoms with Crippen LogP contribution in [0.1, 0.15) is 24.1 Å². The summed E-state index contributed by atoms with van der Waals surface area (Å²) in [6.45, 7) is 5.20. The molecule has 1 aromatic carbocycles. The van der Waals surface area contributed by atoms with Crippen molar-refractivity contribution < 1.29 is 0 Å². The fraction of sp³-hybridized carbons (Fsp3) is 0.471. The summed E-state index contributed by atoms with van der Waals surface area (Å²) in [4.78, 5) is 8.63. The van der Waals surface area contributed by atoms with Crippen molar-refractivity contribution >= 4 is 0 Å². The molecule has 0 aliphatic heterocycles. The average molecular weight is 286 g/mol. The van der Waals surface area contributed by atoms with Crippen LogP contribution in [0.2, 0.25) is 0 Å². The molecule has 21 heavy (non-hydrogen) atoms. The van der Waals surface area contributed by atoms with E-state index in [1.165, 1.54) is 11.1 Å². The Morgan fingerprint density at radius 2 is 1.86 bits per heavy atom. The van der Waals surface area contributed by atoms with Gasteiger partial charge in [-0.2, -0.15) is 0 Å². The Balaban J connectivity index is 1.85. The molecule has 1 aromatic heterocycles. The van der Waals surface area contributed by atoms with Crippen molar-refractivity contribution in [1.29, 1.82) is 0 Å². The van der Waals surface area contributed by atoms with Gasteiger partial charge in [0.2, 0.25) is 0 Å². The number of nitrogens with zero attached hydrogens (tertiary/aromatic N) is 4. The molecule has 0 saturated heterocycles. The first-order chi connectivity index (χ1) is 10.1. The van der Waals surface area contributed by atoms with E-state index in [-0.39, 0.29) is 0 Å². The van der Waals surface area contributed by atoms with Gasteiger partial charge in [0, 0.05) is 38.1 Å². The van der Waals surface area contributed by atoms with Gasteiger partial charge in [-0.25, -0.2) is 4.98 Å². The molecule has 0 fully saturated rings. The molecule has 4 nitrogen and oxygen atoms in total. The first-order valence-electron chi connectivity index (χ1n) is 7.46. The summed E-state index contributed by atoms with van der Waals surface area (Å²) in [6, 6.07) is 9.41. The number of aromatic nitrogens is 2. The van der Waals surface area contributed by atoms with Crippen LogP contribution in [0.3, 0.4) is 0 Å². The maximum absolute atomic E-state index is 4.06. The lowest BCUT2D eigenvalue weighted by Crippen LogP contribution is -2.22. The summed E-state index contributed by atoms with van der Waals surface area (Å²) in [7, 11) is 6.39. The predicted molar refractivity (Wildman–Crippen MR) is 87.1 cm³/mol. The number of hydrogen-bond donors (Lipinski definition) is 0. The van der Waals surface area contributed by atoms with E-state index in [2.05, 4.69) is 71.7 Å². The molecule has 2 rings (SSSR count). The van der Waals surface area contributed by atoms with E-state index < -0.39 is 0 Å². The Kier molecular flexibility index (Phi) is 5.53. The molecule has 1 heterocycles. The zero-order chi connectivity index (χ0) is 15.2. The predicted octanol–water partition coefficient (Wildman–Crippen LogP) is 2.64. The Bertz CT molecular complexity index is 516. The molecule has 0 saturated carbocycles.